The van der Waals surface area contributed by atoms with E-state index in [1.54, 1.807) is 0 Å². The van der Waals surface area contributed by atoms with Crippen molar-refractivity contribution in [3.05, 3.63) is 35.9 Å². The number of carbonyl (C=O) groups is 1. The quantitative estimate of drug-likeness (QED) is 0.512. The zero-order valence-corrected chi connectivity index (χ0v) is 13.4. The molecule has 0 aliphatic rings. The summed E-state index contributed by atoms with van der Waals surface area (Å²) >= 11 is 0. The summed E-state index contributed by atoms with van der Waals surface area (Å²) in [5.74, 6) is -0.0453. The van der Waals surface area contributed by atoms with Gasteiger partial charge >= 0.3 is 5.97 Å². The maximum absolute atomic E-state index is 11.8. The molecule has 1 aromatic carbocycles. The zero-order chi connectivity index (χ0) is 14.1. The monoisotopic (exact) mass is 278 g/mol. The Morgan fingerprint density at radius 3 is 2.16 bits per heavy atom. The molecule has 0 aromatic heterocycles. The van der Waals surface area contributed by atoms with E-state index < -0.39 is 8.07 Å². The summed E-state index contributed by atoms with van der Waals surface area (Å²) < 4.78 is 5.34. The SMILES string of the molecule is CC[Si](CC)(CC)CCC(=O)OCc1ccccc1. The van der Waals surface area contributed by atoms with E-state index in [2.05, 4.69) is 20.8 Å². The van der Waals surface area contributed by atoms with E-state index in [1.807, 2.05) is 30.3 Å². The van der Waals surface area contributed by atoms with Gasteiger partial charge in [-0.15, -0.1) is 0 Å². The Bertz CT molecular complexity index is 363. The third-order valence-electron chi connectivity index (χ3n) is 4.35. The molecule has 0 unspecified atom stereocenters. The molecule has 0 bridgehead atoms. The highest BCUT2D eigenvalue weighted by molar-refractivity contribution is 6.79. The Morgan fingerprint density at radius 1 is 1.05 bits per heavy atom. The van der Waals surface area contributed by atoms with Gasteiger partial charge in [0.2, 0.25) is 0 Å². The minimum Gasteiger partial charge on any atom is -0.461 e. The number of rotatable bonds is 8. The fraction of sp³-hybridized carbons (Fsp3) is 0.562. The number of benzene rings is 1. The van der Waals surface area contributed by atoms with Crippen LogP contribution in [0.4, 0.5) is 0 Å². The van der Waals surface area contributed by atoms with Crippen molar-refractivity contribution in [2.24, 2.45) is 0 Å². The van der Waals surface area contributed by atoms with E-state index in [1.165, 1.54) is 18.1 Å². The third kappa shape index (κ3) is 5.19. The van der Waals surface area contributed by atoms with Crippen molar-refractivity contribution in [3.63, 3.8) is 0 Å². The highest BCUT2D eigenvalue weighted by atomic mass is 28.3. The number of ether oxygens (including phenoxy) is 1. The summed E-state index contributed by atoms with van der Waals surface area (Å²) in [7, 11) is -1.19. The fourth-order valence-electron chi connectivity index (χ4n) is 2.46. The lowest BCUT2D eigenvalue weighted by atomic mass is 10.2. The van der Waals surface area contributed by atoms with Gasteiger partial charge in [-0.2, -0.15) is 0 Å². The van der Waals surface area contributed by atoms with Gasteiger partial charge in [0.25, 0.3) is 0 Å². The van der Waals surface area contributed by atoms with Crippen LogP contribution in [0.3, 0.4) is 0 Å². The molecule has 3 heteroatoms. The largest absolute Gasteiger partial charge is 0.461 e. The lowest BCUT2D eigenvalue weighted by Gasteiger charge is -2.27. The van der Waals surface area contributed by atoms with Gasteiger partial charge in [-0.1, -0.05) is 69.2 Å². The number of carbonyl (C=O) groups excluding carboxylic acids is 1. The van der Waals surface area contributed by atoms with Crippen molar-refractivity contribution in [1.82, 2.24) is 0 Å². The highest BCUT2D eigenvalue weighted by Gasteiger charge is 2.27. The van der Waals surface area contributed by atoms with Crippen LogP contribution in [-0.4, -0.2) is 14.0 Å². The van der Waals surface area contributed by atoms with E-state index in [4.69, 9.17) is 4.74 Å². The standard InChI is InChI=1S/C16H26O2Si/c1-4-19(5-2,6-3)13-12-16(17)18-14-15-10-8-7-9-11-15/h7-11H,4-6,12-14H2,1-3H3. The van der Waals surface area contributed by atoms with Crippen LogP contribution in [0.15, 0.2) is 30.3 Å². The van der Waals surface area contributed by atoms with Gasteiger partial charge < -0.3 is 4.74 Å². The second-order valence-corrected chi connectivity index (χ2v) is 10.8. The predicted octanol–water partition coefficient (Wildman–Crippen LogP) is 4.63. The molecule has 0 aliphatic carbocycles. The average Bonchev–Trinajstić information content (AvgIpc) is 2.48. The van der Waals surface area contributed by atoms with Crippen LogP contribution in [0.2, 0.25) is 24.2 Å². The molecule has 0 saturated carbocycles. The number of hydrogen-bond donors (Lipinski definition) is 0. The molecule has 0 radical (unpaired) electrons. The van der Waals surface area contributed by atoms with Crippen molar-refractivity contribution < 1.29 is 9.53 Å². The molecule has 0 saturated heterocycles. The molecule has 0 fully saturated rings. The van der Waals surface area contributed by atoms with Crippen LogP contribution < -0.4 is 0 Å². The Hall–Kier alpha value is -1.09. The first kappa shape index (κ1) is 16.0. The van der Waals surface area contributed by atoms with Crippen LogP contribution in [0.5, 0.6) is 0 Å². The smallest absolute Gasteiger partial charge is 0.305 e. The first-order chi connectivity index (χ1) is 9.15. The molecule has 0 aliphatic heterocycles. The molecular formula is C16H26O2Si. The van der Waals surface area contributed by atoms with Gasteiger partial charge in [-0.25, -0.2) is 0 Å². The fourth-order valence-corrected chi connectivity index (χ4v) is 5.75. The molecule has 106 valence electrons. The van der Waals surface area contributed by atoms with E-state index in [0.717, 1.165) is 11.6 Å². The van der Waals surface area contributed by atoms with E-state index in [-0.39, 0.29) is 5.97 Å². The van der Waals surface area contributed by atoms with Gasteiger partial charge in [0.05, 0.1) is 8.07 Å². The molecule has 1 rings (SSSR count). The minimum absolute atomic E-state index is 0.0453. The molecule has 0 N–H and O–H groups in total. The van der Waals surface area contributed by atoms with Crippen molar-refractivity contribution >= 4 is 14.0 Å². The van der Waals surface area contributed by atoms with Crippen LogP contribution in [0.25, 0.3) is 0 Å². The average molecular weight is 278 g/mol. The van der Waals surface area contributed by atoms with Gasteiger partial charge in [-0.3, -0.25) is 4.79 Å². The zero-order valence-electron chi connectivity index (χ0n) is 12.4. The molecule has 0 heterocycles. The topological polar surface area (TPSA) is 26.3 Å². The summed E-state index contributed by atoms with van der Waals surface area (Å²) in [5, 5.41) is 0. The molecule has 1 aromatic rings. The Morgan fingerprint density at radius 2 is 1.63 bits per heavy atom. The normalized spacial score (nSPS) is 11.3. The van der Waals surface area contributed by atoms with Crippen molar-refractivity contribution in [1.29, 1.82) is 0 Å². The first-order valence-corrected chi connectivity index (χ1v) is 10.2. The summed E-state index contributed by atoms with van der Waals surface area (Å²) in [6, 6.07) is 14.7. The molecule has 2 nitrogen and oxygen atoms in total. The lowest BCUT2D eigenvalue weighted by Crippen LogP contribution is -2.31. The molecule has 0 atom stereocenters. The maximum Gasteiger partial charge on any atom is 0.305 e. The Labute approximate surface area is 118 Å². The molecule has 0 amide bonds. The summed E-state index contributed by atoms with van der Waals surface area (Å²) in [5.41, 5.74) is 1.06. The maximum atomic E-state index is 11.8. The van der Waals surface area contributed by atoms with Crippen LogP contribution >= 0.6 is 0 Å². The predicted molar refractivity (Wildman–Crippen MR) is 82.9 cm³/mol. The minimum atomic E-state index is -1.19. The van der Waals surface area contributed by atoms with E-state index in [9.17, 15) is 4.79 Å². The van der Waals surface area contributed by atoms with Gasteiger partial charge in [0.1, 0.15) is 6.61 Å². The van der Waals surface area contributed by atoms with Gasteiger partial charge in [0.15, 0.2) is 0 Å². The van der Waals surface area contributed by atoms with E-state index >= 15 is 0 Å². The van der Waals surface area contributed by atoms with Gasteiger partial charge in [0, 0.05) is 6.42 Å². The molecular weight excluding hydrogens is 252 g/mol. The van der Waals surface area contributed by atoms with Crippen LogP contribution in [-0.2, 0) is 16.1 Å². The Kier molecular flexibility index (Phi) is 6.85. The third-order valence-corrected chi connectivity index (χ3v) is 10.2. The molecule has 0 spiro atoms. The summed E-state index contributed by atoms with van der Waals surface area (Å²) in [6.45, 7) is 7.22. The van der Waals surface area contributed by atoms with Crippen LogP contribution in [0, 0.1) is 0 Å². The Balaban J connectivity index is 2.35. The first-order valence-electron chi connectivity index (χ1n) is 7.35. The summed E-state index contributed by atoms with van der Waals surface area (Å²) in [6.07, 6.45) is 0.592. The van der Waals surface area contributed by atoms with E-state index in [0.29, 0.717) is 13.0 Å². The van der Waals surface area contributed by atoms with Crippen LogP contribution in [0.1, 0.15) is 32.8 Å². The van der Waals surface area contributed by atoms with Crippen molar-refractivity contribution in [3.8, 4) is 0 Å². The lowest BCUT2D eigenvalue weighted by molar-refractivity contribution is -0.144. The second kappa shape index (κ2) is 8.15. The van der Waals surface area contributed by atoms with Gasteiger partial charge in [-0.05, 0) is 11.6 Å². The van der Waals surface area contributed by atoms with Crippen molar-refractivity contribution in [2.75, 3.05) is 0 Å². The summed E-state index contributed by atoms with van der Waals surface area (Å²) in [4.78, 5) is 11.8. The highest BCUT2D eigenvalue weighted by Crippen LogP contribution is 2.26. The van der Waals surface area contributed by atoms with Crippen molar-refractivity contribution in [2.45, 2.75) is 58.0 Å². The number of esters is 1. The second-order valence-electron chi connectivity index (χ2n) is 5.21. The molecule has 19 heavy (non-hydrogen) atoms. The number of hydrogen-bond acceptors (Lipinski definition) is 2.